The number of halogens is 1. The molecule has 3 N–H and O–H groups in total. The van der Waals surface area contributed by atoms with Gasteiger partial charge in [-0.1, -0.05) is 19.9 Å². The molecule has 7 nitrogen and oxygen atoms in total. The SMILES string of the molecule is CNC(C)(C(N)=O)[C@@H](C(=O)N1CCC[C@H]1c1ccnc(N2CCc3ccc(F)cc32)c1)C(C)C. The van der Waals surface area contributed by atoms with Crippen LogP contribution in [0.15, 0.2) is 36.5 Å². The van der Waals surface area contributed by atoms with Crippen LogP contribution in [-0.2, 0) is 16.0 Å². The van der Waals surface area contributed by atoms with E-state index in [1.165, 1.54) is 6.07 Å². The topological polar surface area (TPSA) is 91.6 Å². The molecule has 1 aromatic carbocycles. The first-order valence-corrected chi connectivity index (χ1v) is 12.0. The van der Waals surface area contributed by atoms with Gasteiger partial charge in [-0.25, -0.2) is 9.37 Å². The molecular weight excluding hydrogens is 433 g/mol. The van der Waals surface area contributed by atoms with Gasteiger partial charge in [-0.15, -0.1) is 0 Å². The van der Waals surface area contributed by atoms with Crippen molar-refractivity contribution in [1.82, 2.24) is 15.2 Å². The summed E-state index contributed by atoms with van der Waals surface area (Å²) >= 11 is 0. The molecule has 0 aliphatic carbocycles. The highest BCUT2D eigenvalue weighted by Crippen LogP contribution is 2.39. The maximum absolute atomic E-state index is 13.9. The van der Waals surface area contributed by atoms with Crippen LogP contribution in [0.4, 0.5) is 15.9 Å². The Morgan fingerprint density at radius 2 is 2.00 bits per heavy atom. The number of carbonyl (C=O) groups excluding carboxylic acids is 2. The molecule has 3 heterocycles. The van der Waals surface area contributed by atoms with Crippen molar-refractivity contribution in [3.63, 3.8) is 0 Å². The Labute approximate surface area is 200 Å². The molecule has 1 fully saturated rings. The van der Waals surface area contributed by atoms with Gasteiger partial charge in [0.1, 0.15) is 17.2 Å². The van der Waals surface area contributed by atoms with Crippen LogP contribution in [0.1, 0.15) is 50.8 Å². The second-order valence-corrected chi connectivity index (χ2v) is 9.85. The zero-order chi connectivity index (χ0) is 24.6. The minimum atomic E-state index is -1.15. The minimum Gasteiger partial charge on any atom is -0.368 e. The number of nitrogens with two attached hydrogens (primary N) is 1. The number of nitrogens with zero attached hydrogens (tertiary/aromatic N) is 3. The first-order valence-electron chi connectivity index (χ1n) is 12.0. The second-order valence-electron chi connectivity index (χ2n) is 9.85. The lowest BCUT2D eigenvalue weighted by Crippen LogP contribution is -2.62. The number of aromatic nitrogens is 1. The van der Waals surface area contributed by atoms with E-state index < -0.39 is 17.4 Å². The van der Waals surface area contributed by atoms with Crippen molar-refractivity contribution in [3.8, 4) is 0 Å². The molecule has 8 heteroatoms. The molecule has 2 amide bonds. The number of carbonyl (C=O) groups is 2. The number of primary amides is 1. The van der Waals surface area contributed by atoms with Gasteiger partial charge in [0.15, 0.2) is 0 Å². The molecule has 2 aliphatic heterocycles. The average molecular weight is 468 g/mol. The van der Waals surface area contributed by atoms with Gasteiger partial charge in [0.05, 0.1) is 12.0 Å². The Bertz CT molecular complexity index is 1090. The summed E-state index contributed by atoms with van der Waals surface area (Å²) in [6.45, 7) is 6.95. The first kappa shape index (κ1) is 24.1. The zero-order valence-electron chi connectivity index (χ0n) is 20.3. The Balaban J connectivity index is 1.64. The first-order chi connectivity index (χ1) is 16.2. The van der Waals surface area contributed by atoms with E-state index in [-0.39, 0.29) is 23.7 Å². The molecule has 0 bridgehead atoms. The fourth-order valence-electron chi connectivity index (χ4n) is 5.57. The number of hydrogen-bond donors (Lipinski definition) is 2. The number of pyridine rings is 1. The molecule has 0 spiro atoms. The van der Waals surface area contributed by atoms with Gasteiger partial charge in [-0.05, 0) is 74.5 Å². The highest BCUT2D eigenvalue weighted by atomic mass is 19.1. The Morgan fingerprint density at radius 1 is 1.24 bits per heavy atom. The molecule has 2 aromatic rings. The molecule has 2 aliphatic rings. The normalized spacial score (nSPS) is 20.4. The summed E-state index contributed by atoms with van der Waals surface area (Å²) in [5.74, 6) is -0.799. The van der Waals surface area contributed by atoms with Crippen molar-refractivity contribution in [2.45, 2.75) is 51.6 Å². The third kappa shape index (κ3) is 4.15. The molecule has 0 saturated carbocycles. The van der Waals surface area contributed by atoms with E-state index in [2.05, 4.69) is 10.3 Å². The largest absolute Gasteiger partial charge is 0.368 e. The number of likely N-dealkylation sites (tertiary alicyclic amines) is 1. The molecule has 4 rings (SSSR count). The molecule has 0 radical (unpaired) electrons. The summed E-state index contributed by atoms with van der Waals surface area (Å²) in [5, 5.41) is 3.01. The number of hydrogen-bond acceptors (Lipinski definition) is 5. The van der Waals surface area contributed by atoms with Gasteiger partial charge in [0.2, 0.25) is 11.8 Å². The van der Waals surface area contributed by atoms with E-state index in [9.17, 15) is 14.0 Å². The number of rotatable bonds is 7. The van der Waals surface area contributed by atoms with Crippen LogP contribution in [0.3, 0.4) is 0 Å². The lowest BCUT2D eigenvalue weighted by Gasteiger charge is -2.40. The quantitative estimate of drug-likeness (QED) is 0.652. The van der Waals surface area contributed by atoms with Gasteiger partial charge in [-0.3, -0.25) is 9.59 Å². The van der Waals surface area contributed by atoms with E-state index in [1.807, 2.05) is 41.8 Å². The number of anilines is 2. The molecule has 1 saturated heterocycles. The number of fused-ring (bicyclic) bond motifs is 1. The maximum Gasteiger partial charge on any atom is 0.238 e. The van der Waals surface area contributed by atoms with Crippen LogP contribution >= 0.6 is 0 Å². The average Bonchev–Trinajstić information content (AvgIpc) is 3.46. The van der Waals surface area contributed by atoms with Crippen molar-refractivity contribution < 1.29 is 14.0 Å². The molecule has 34 heavy (non-hydrogen) atoms. The van der Waals surface area contributed by atoms with Gasteiger partial charge in [0.25, 0.3) is 0 Å². The van der Waals surface area contributed by atoms with E-state index in [0.29, 0.717) is 6.54 Å². The Hall–Kier alpha value is -3.00. The predicted octanol–water partition coefficient (Wildman–Crippen LogP) is 3.31. The summed E-state index contributed by atoms with van der Waals surface area (Å²) < 4.78 is 13.9. The number of likely N-dealkylation sites (N-methyl/N-ethyl adjacent to an activating group) is 1. The van der Waals surface area contributed by atoms with Crippen molar-refractivity contribution in [3.05, 3.63) is 53.5 Å². The van der Waals surface area contributed by atoms with E-state index in [0.717, 1.165) is 48.4 Å². The third-order valence-corrected chi connectivity index (χ3v) is 7.50. The van der Waals surface area contributed by atoms with Crippen LogP contribution in [0.5, 0.6) is 0 Å². The van der Waals surface area contributed by atoms with Crippen LogP contribution < -0.4 is 16.0 Å². The molecule has 1 aromatic heterocycles. The van der Waals surface area contributed by atoms with E-state index in [4.69, 9.17) is 5.73 Å². The fourth-order valence-corrected chi connectivity index (χ4v) is 5.57. The van der Waals surface area contributed by atoms with Gasteiger partial charge in [0, 0.05) is 25.0 Å². The smallest absolute Gasteiger partial charge is 0.238 e. The van der Waals surface area contributed by atoms with Crippen LogP contribution in [0.25, 0.3) is 0 Å². The van der Waals surface area contributed by atoms with Crippen molar-refractivity contribution in [2.24, 2.45) is 17.6 Å². The second kappa shape index (κ2) is 9.33. The number of benzene rings is 1. The van der Waals surface area contributed by atoms with Crippen LogP contribution in [0, 0.1) is 17.7 Å². The van der Waals surface area contributed by atoms with Crippen molar-refractivity contribution in [2.75, 3.05) is 25.0 Å². The lowest BCUT2D eigenvalue weighted by molar-refractivity contribution is -0.145. The number of nitrogens with one attached hydrogen (secondary N) is 1. The van der Waals surface area contributed by atoms with Gasteiger partial charge >= 0.3 is 0 Å². The summed E-state index contributed by atoms with van der Waals surface area (Å²) in [4.78, 5) is 34.6. The standard InChI is InChI=1S/C26H34FN5O2/c1-16(2)23(26(3,29-4)25(28)34)24(33)32-12-5-6-20(32)18-9-11-30-22(14-18)31-13-10-17-7-8-19(27)15-21(17)31/h7-9,11,14-16,20,23,29H,5-6,10,12-13H2,1-4H3,(H2,28,34)/t20-,23+,26?/m0/s1. The summed E-state index contributed by atoms with van der Waals surface area (Å²) in [6.07, 6.45) is 4.30. The third-order valence-electron chi connectivity index (χ3n) is 7.50. The molecular formula is C26H34FN5O2. The molecule has 1 unspecified atom stereocenters. The van der Waals surface area contributed by atoms with Crippen molar-refractivity contribution >= 4 is 23.3 Å². The van der Waals surface area contributed by atoms with Crippen LogP contribution in [-0.4, -0.2) is 47.4 Å². The Kier molecular flexibility index (Phi) is 6.62. The highest BCUT2D eigenvalue weighted by molar-refractivity contribution is 5.93. The molecule has 182 valence electrons. The van der Waals surface area contributed by atoms with E-state index >= 15 is 0 Å². The summed E-state index contributed by atoms with van der Waals surface area (Å²) in [6, 6.07) is 8.71. The fraction of sp³-hybridized carbons (Fsp3) is 0.500. The minimum absolute atomic E-state index is 0.0694. The van der Waals surface area contributed by atoms with Gasteiger partial charge in [-0.2, -0.15) is 0 Å². The maximum atomic E-state index is 13.9. The van der Waals surface area contributed by atoms with E-state index in [1.54, 1.807) is 26.2 Å². The zero-order valence-corrected chi connectivity index (χ0v) is 20.3. The lowest BCUT2D eigenvalue weighted by atomic mass is 9.76. The Morgan fingerprint density at radius 3 is 2.68 bits per heavy atom. The van der Waals surface area contributed by atoms with Gasteiger partial charge < -0.3 is 20.9 Å². The monoisotopic (exact) mass is 467 g/mol. The van der Waals surface area contributed by atoms with Crippen molar-refractivity contribution in [1.29, 1.82) is 0 Å². The highest BCUT2D eigenvalue weighted by Gasteiger charge is 2.48. The predicted molar refractivity (Wildman–Crippen MR) is 130 cm³/mol. The number of amides is 2. The summed E-state index contributed by atoms with van der Waals surface area (Å²) in [7, 11) is 1.67. The molecule has 3 atom stereocenters. The summed E-state index contributed by atoms with van der Waals surface area (Å²) in [5.41, 5.74) is 7.52. The van der Waals surface area contributed by atoms with Crippen LogP contribution in [0.2, 0.25) is 0 Å².